The lowest BCUT2D eigenvalue weighted by Gasteiger charge is -2.33. The molecule has 1 saturated heterocycles. The molecule has 1 aliphatic heterocycles. The molecule has 2 fully saturated rings. The topological polar surface area (TPSA) is 67.9 Å². The van der Waals surface area contributed by atoms with E-state index in [-0.39, 0.29) is 17.2 Å². The largest absolute Gasteiger partial charge is 0.497 e. The molecule has 2 amide bonds. The summed E-state index contributed by atoms with van der Waals surface area (Å²) in [6, 6.07) is 7.68. The Morgan fingerprint density at radius 3 is 2.41 bits per heavy atom. The number of morpholine rings is 1. The molecule has 1 aromatic rings. The summed E-state index contributed by atoms with van der Waals surface area (Å²) in [5.41, 5.74) is 0.855. The second-order valence-electron chi connectivity index (χ2n) is 7.68. The van der Waals surface area contributed by atoms with Gasteiger partial charge >= 0.3 is 0 Å². The van der Waals surface area contributed by atoms with Gasteiger partial charge in [-0.25, -0.2) is 0 Å². The first-order valence-corrected chi connectivity index (χ1v) is 9.85. The summed E-state index contributed by atoms with van der Waals surface area (Å²) in [5.74, 6) is 1.00. The minimum atomic E-state index is -0.181. The van der Waals surface area contributed by atoms with Crippen LogP contribution in [0.5, 0.6) is 5.75 Å². The van der Waals surface area contributed by atoms with Crippen LogP contribution in [-0.4, -0.2) is 50.1 Å². The summed E-state index contributed by atoms with van der Waals surface area (Å²) in [6.45, 7) is 3.05. The highest BCUT2D eigenvalue weighted by Crippen LogP contribution is 2.44. The van der Waals surface area contributed by atoms with Gasteiger partial charge in [0, 0.05) is 32.5 Å². The molecule has 1 heterocycles. The molecule has 0 unspecified atom stereocenters. The number of benzene rings is 1. The van der Waals surface area contributed by atoms with Crippen LogP contribution < -0.4 is 10.1 Å². The monoisotopic (exact) mass is 374 g/mol. The standard InChI is InChI=1S/C21H30N2O4/c1-26-18-6-4-17(5-7-18)16-22-19(24)14-21(8-2-3-9-21)15-20(25)23-10-12-27-13-11-23/h4-7H,2-3,8-16H2,1H3,(H,22,24). The molecule has 27 heavy (non-hydrogen) atoms. The van der Waals surface area contributed by atoms with Gasteiger partial charge in [0.25, 0.3) is 0 Å². The summed E-state index contributed by atoms with van der Waals surface area (Å²) in [7, 11) is 1.63. The van der Waals surface area contributed by atoms with Crippen LogP contribution in [0.4, 0.5) is 0 Å². The van der Waals surface area contributed by atoms with Gasteiger partial charge in [-0.15, -0.1) is 0 Å². The van der Waals surface area contributed by atoms with E-state index in [0.29, 0.717) is 45.7 Å². The number of hydrogen-bond acceptors (Lipinski definition) is 4. The lowest BCUT2D eigenvalue weighted by molar-refractivity contribution is -0.138. The van der Waals surface area contributed by atoms with Crippen LogP contribution in [-0.2, 0) is 20.9 Å². The van der Waals surface area contributed by atoms with Crippen molar-refractivity contribution >= 4 is 11.8 Å². The highest BCUT2D eigenvalue weighted by Gasteiger charge is 2.39. The second-order valence-corrected chi connectivity index (χ2v) is 7.68. The third-order valence-corrected chi connectivity index (χ3v) is 5.74. The first-order valence-electron chi connectivity index (χ1n) is 9.85. The normalized spacial score (nSPS) is 18.9. The van der Waals surface area contributed by atoms with Gasteiger partial charge in [-0.1, -0.05) is 25.0 Å². The predicted octanol–water partition coefficient (Wildman–Crippen LogP) is 2.51. The Bertz CT molecular complexity index is 632. The summed E-state index contributed by atoms with van der Waals surface area (Å²) in [5, 5.41) is 3.02. The Morgan fingerprint density at radius 2 is 1.78 bits per heavy atom. The van der Waals surface area contributed by atoms with E-state index in [9.17, 15) is 9.59 Å². The Balaban J connectivity index is 1.53. The van der Waals surface area contributed by atoms with Crippen molar-refractivity contribution in [2.24, 2.45) is 5.41 Å². The van der Waals surface area contributed by atoms with Crippen LogP contribution >= 0.6 is 0 Å². The van der Waals surface area contributed by atoms with Crippen LogP contribution in [0.25, 0.3) is 0 Å². The van der Waals surface area contributed by atoms with Crippen molar-refractivity contribution in [3.05, 3.63) is 29.8 Å². The third-order valence-electron chi connectivity index (χ3n) is 5.74. The number of carbonyl (C=O) groups excluding carboxylic acids is 2. The van der Waals surface area contributed by atoms with E-state index < -0.39 is 0 Å². The van der Waals surface area contributed by atoms with Gasteiger partial charge in [-0.2, -0.15) is 0 Å². The van der Waals surface area contributed by atoms with Gasteiger partial charge in [0.2, 0.25) is 11.8 Å². The maximum absolute atomic E-state index is 12.7. The summed E-state index contributed by atoms with van der Waals surface area (Å²) in [6.07, 6.45) is 5.02. The van der Waals surface area contributed by atoms with Gasteiger partial charge in [-0.05, 0) is 36.0 Å². The Kier molecular flexibility index (Phi) is 6.72. The smallest absolute Gasteiger partial charge is 0.223 e. The van der Waals surface area contributed by atoms with E-state index in [2.05, 4.69) is 5.32 Å². The number of carbonyl (C=O) groups is 2. The van der Waals surface area contributed by atoms with E-state index in [0.717, 1.165) is 37.0 Å². The van der Waals surface area contributed by atoms with Crippen molar-refractivity contribution in [2.45, 2.75) is 45.1 Å². The Labute approximate surface area is 161 Å². The molecule has 6 heteroatoms. The number of methoxy groups -OCH3 is 1. The molecule has 3 rings (SSSR count). The molecule has 1 N–H and O–H groups in total. The summed E-state index contributed by atoms with van der Waals surface area (Å²) >= 11 is 0. The van der Waals surface area contributed by atoms with Crippen LogP contribution in [0.2, 0.25) is 0 Å². The number of hydrogen-bond donors (Lipinski definition) is 1. The molecule has 1 aromatic carbocycles. The molecule has 148 valence electrons. The molecule has 0 spiro atoms. The zero-order valence-corrected chi connectivity index (χ0v) is 16.2. The quantitative estimate of drug-likeness (QED) is 0.796. The van der Waals surface area contributed by atoms with Crippen LogP contribution in [0.15, 0.2) is 24.3 Å². The van der Waals surface area contributed by atoms with E-state index in [1.165, 1.54) is 0 Å². The number of nitrogens with one attached hydrogen (secondary N) is 1. The SMILES string of the molecule is COc1ccc(CNC(=O)CC2(CC(=O)N3CCOCC3)CCCC2)cc1. The summed E-state index contributed by atoms with van der Waals surface area (Å²) < 4.78 is 10.5. The van der Waals surface area contributed by atoms with Crippen molar-refractivity contribution in [1.82, 2.24) is 10.2 Å². The third kappa shape index (κ3) is 5.45. The van der Waals surface area contributed by atoms with Crippen molar-refractivity contribution in [3.8, 4) is 5.75 Å². The van der Waals surface area contributed by atoms with Crippen LogP contribution in [0, 0.1) is 5.41 Å². The first kappa shape index (κ1) is 19.7. The lowest BCUT2D eigenvalue weighted by atomic mass is 9.78. The minimum Gasteiger partial charge on any atom is -0.497 e. The van der Waals surface area contributed by atoms with E-state index in [1.54, 1.807) is 7.11 Å². The fourth-order valence-electron chi connectivity index (χ4n) is 4.13. The van der Waals surface area contributed by atoms with Gasteiger partial charge in [0.05, 0.1) is 20.3 Å². The zero-order chi connectivity index (χ0) is 19.1. The lowest BCUT2D eigenvalue weighted by Crippen LogP contribution is -2.43. The molecule has 2 aliphatic rings. The number of nitrogens with zero attached hydrogens (tertiary/aromatic N) is 1. The fraction of sp³-hybridized carbons (Fsp3) is 0.619. The molecule has 0 bridgehead atoms. The number of ether oxygens (including phenoxy) is 2. The molecular formula is C21H30N2O4. The van der Waals surface area contributed by atoms with Crippen molar-refractivity contribution in [2.75, 3.05) is 33.4 Å². The number of amides is 2. The molecule has 0 aromatic heterocycles. The second kappa shape index (κ2) is 9.22. The van der Waals surface area contributed by atoms with Gasteiger partial charge in [0.1, 0.15) is 5.75 Å². The van der Waals surface area contributed by atoms with Crippen molar-refractivity contribution in [3.63, 3.8) is 0 Å². The Hall–Kier alpha value is -2.08. The van der Waals surface area contributed by atoms with Crippen molar-refractivity contribution < 1.29 is 19.1 Å². The average molecular weight is 374 g/mol. The van der Waals surface area contributed by atoms with Crippen LogP contribution in [0.3, 0.4) is 0 Å². The first-order chi connectivity index (χ1) is 13.1. The maximum Gasteiger partial charge on any atom is 0.223 e. The fourth-order valence-corrected chi connectivity index (χ4v) is 4.13. The van der Waals surface area contributed by atoms with Crippen molar-refractivity contribution in [1.29, 1.82) is 0 Å². The van der Waals surface area contributed by atoms with Gasteiger partial charge < -0.3 is 19.7 Å². The molecule has 1 saturated carbocycles. The predicted molar refractivity (Wildman–Crippen MR) is 102 cm³/mol. The molecule has 6 nitrogen and oxygen atoms in total. The zero-order valence-electron chi connectivity index (χ0n) is 16.2. The minimum absolute atomic E-state index is 0.0301. The highest BCUT2D eigenvalue weighted by molar-refractivity contribution is 5.80. The van der Waals surface area contributed by atoms with E-state index in [4.69, 9.17) is 9.47 Å². The highest BCUT2D eigenvalue weighted by atomic mass is 16.5. The molecular weight excluding hydrogens is 344 g/mol. The number of rotatable bonds is 7. The summed E-state index contributed by atoms with van der Waals surface area (Å²) in [4.78, 5) is 27.2. The maximum atomic E-state index is 12.7. The molecule has 1 aliphatic carbocycles. The van der Waals surface area contributed by atoms with E-state index in [1.807, 2.05) is 29.2 Å². The molecule has 0 atom stereocenters. The van der Waals surface area contributed by atoms with Gasteiger partial charge in [-0.3, -0.25) is 9.59 Å². The van der Waals surface area contributed by atoms with Gasteiger partial charge in [0.15, 0.2) is 0 Å². The Morgan fingerprint density at radius 1 is 1.11 bits per heavy atom. The van der Waals surface area contributed by atoms with E-state index >= 15 is 0 Å². The average Bonchev–Trinajstić information content (AvgIpc) is 3.15. The van der Waals surface area contributed by atoms with Crippen LogP contribution in [0.1, 0.15) is 44.1 Å². The molecule has 0 radical (unpaired) electrons.